The number of morpholine rings is 1. The molecule has 0 saturated carbocycles. The first-order valence-electron chi connectivity index (χ1n) is 6.92. The van der Waals surface area contributed by atoms with E-state index < -0.39 is 10.0 Å². The van der Waals surface area contributed by atoms with Gasteiger partial charge in [-0.1, -0.05) is 11.6 Å². The Kier molecular flexibility index (Phi) is 5.11. The Morgan fingerprint density at radius 1 is 1.41 bits per heavy atom. The topological polar surface area (TPSA) is 75.7 Å². The Morgan fingerprint density at radius 2 is 2.09 bits per heavy atom. The van der Waals surface area contributed by atoms with Crippen LogP contribution in [0.5, 0.6) is 0 Å². The minimum absolute atomic E-state index is 0.0108. The van der Waals surface area contributed by atoms with Crippen LogP contribution in [-0.4, -0.2) is 51.6 Å². The monoisotopic (exact) mass is 346 g/mol. The second-order valence-corrected chi connectivity index (χ2v) is 7.59. The summed E-state index contributed by atoms with van der Waals surface area (Å²) in [5, 5.41) is 0.228. The number of sulfonamides is 1. The van der Waals surface area contributed by atoms with E-state index in [0.29, 0.717) is 13.2 Å². The zero-order valence-corrected chi connectivity index (χ0v) is 14.2. The van der Waals surface area contributed by atoms with E-state index >= 15 is 0 Å². The molecule has 22 heavy (non-hydrogen) atoms. The Labute approximate surface area is 135 Å². The van der Waals surface area contributed by atoms with Gasteiger partial charge in [-0.25, -0.2) is 13.1 Å². The number of amides is 1. The minimum atomic E-state index is -3.63. The van der Waals surface area contributed by atoms with Crippen molar-refractivity contribution in [2.75, 3.05) is 20.2 Å². The second kappa shape index (κ2) is 6.54. The maximum Gasteiger partial charge on any atom is 0.255 e. The van der Waals surface area contributed by atoms with Crippen LogP contribution in [0.15, 0.2) is 23.1 Å². The van der Waals surface area contributed by atoms with Gasteiger partial charge in [-0.3, -0.25) is 4.79 Å². The number of hydrogen-bond acceptors (Lipinski definition) is 4. The third-order valence-electron chi connectivity index (χ3n) is 3.62. The summed E-state index contributed by atoms with van der Waals surface area (Å²) in [6.45, 7) is 4.65. The first-order chi connectivity index (χ1) is 10.3. The molecule has 1 fully saturated rings. The number of carbonyl (C=O) groups is 1. The molecule has 1 aliphatic rings. The lowest BCUT2D eigenvalue weighted by Crippen LogP contribution is -2.50. The van der Waals surface area contributed by atoms with Crippen molar-refractivity contribution in [2.24, 2.45) is 0 Å². The highest BCUT2D eigenvalue weighted by atomic mass is 35.5. The Morgan fingerprint density at radius 3 is 2.73 bits per heavy atom. The van der Waals surface area contributed by atoms with Crippen molar-refractivity contribution in [1.29, 1.82) is 0 Å². The van der Waals surface area contributed by atoms with E-state index in [1.165, 1.54) is 25.2 Å². The van der Waals surface area contributed by atoms with Crippen molar-refractivity contribution >= 4 is 27.5 Å². The van der Waals surface area contributed by atoms with Crippen molar-refractivity contribution < 1.29 is 17.9 Å². The Hall–Kier alpha value is -1.15. The van der Waals surface area contributed by atoms with E-state index in [0.717, 1.165) is 0 Å². The number of nitrogens with zero attached hydrogens (tertiary/aromatic N) is 1. The third-order valence-corrected chi connectivity index (χ3v) is 5.36. The number of benzene rings is 1. The fourth-order valence-corrected chi connectivity index (χ4v) is 3.25. The molecular weight excluding hydrogens is 328 g/mol. The minimum Gasteiger partial charge on any atom is -0.375 e. The summed E-state index contributed by atoms with van der Waals surface area (Å²) >= 11 is 6.09. The zero-order chi connectivity index (χ0) is 16.5. The molecule has 0 radical (unpaired) electrons. The van der Waals surface area contributed by atoms with Crippen LogP contribution in [0.1, 0.15) is 24.2 Å². The standard InChI is InChI=1S/C14H19ClN2O4S/c1-9-8-21-10(2)7-17(9)14(18)12-6-11(4-5-13(12)15)22(19,20)16-3/h4-6,9-10,16H,7-8H2,1-3H3/t9-,10-/m1/s1. The van der Waals surface area contributed by atoms with E-state index in [1.807, 2.05) is 13.8 Å². The quantitative estimate of drug-likeness (QED) is 0.899. The maximum atomic E-state index is 12.7. The smallest absolute Gasteiger partial charge is 0.255 e. The largest absolute Gasteiger partial charge is 0.375 e. The van der Waals surface area contributed by atoms with Gasteiger partial charge in [-0.15, -0.1) is 0 Å². The summed E-state index contributed by atoms with van der Waals surface area (Å²) in [7, 11) is -2.31. The predicted molar refractivity (Wildman–Crippen MR) is 83.6 cm³/mol. The SMILES string of the molecule is CNS(=O)(=O)c1ccc(Cl)c(C(=O)N2C[C@@H](C)OC[C@H]2C)c1. The molecule has 8 heteroatoms. The van der Waals surface area contributed by atoms with E-state index in [9.17, 15) is 13.2 Å². The van der Waals surface area contributed by atoms with Gasteiger partial charge in [0.05, 0.1) is 34.2 Å². The number of carbonyl (C=O) groups excluding carboxylic acids is 1. The van der Waals surface area contributed by atoms with Gasteiger partial charge in [0.2, 0.25) is 10.0 Å². The molecule has 2 atom stereocenters. The molecule has 0 spiro atoms. The summed E-state index contributed by atoms with van der Waals surface area (Å²) in [4.78, 5) is 14.4. The molecule has 0 unspecified atom stereocenters. The van der Waals surface area contributed by atoms with Gasteiger partial charge in [-0.05, 0) is 39.1 Å². The fraction of sp³-hybridized carbons (Fsp3) is 0.500. The summed E-state index contributed by atoms with van der Waals surface area (Å²) in [5.74, 6) is -0.291. The van der Waals surface area contributed by atoms with Gasteiger partial charge in [-0.2, -0.15) is 0 Å². The van der Waals surface area contributed by atoms with Crippen molar-refractivity contribution in [3.8, 4) is 0 Å². The molecule has 1 aromatic rings. The summed E-state index contributed by atoms with van der Waals surface area (Å²) < 4.78 is 31.5. The van der Waals surface area contributed by atoms with Crippen molar-refractivity contribution in [3.05, 3.63) is 28.8 Å². The molecule has 1 heterocycles. The molecule has 0 aliphatic carbocycles. The maximum absolute atomic E-state index is 12.7. The van der Waals surface area contributed by atoms with Crippen molar-refractivity contribution in [3.63, 3.8) is 0 Å². The highest BCUT2D eigenvalue weighted by molar-refractivity contribution is 7.89. The average molecular weight is 347 g/mol. The van der Waals surface area contributed by atoms with Crippen LogP contribution in [0.3, 0.4) is 0 Å². The van der Waals surface area contributed by atoms with E-state index in [-0.39, 0.29) is 33.5 Å². The van der Waals surface area contributed by atoms with E-state index in [1.54, 1.807) is 4.90 Å². The number of ether oxygens (including phenoxy) is 1. The molecule has 2 rings (SSSR count). The molecule has 1 amide bonds. The first-order valence-corrected chi connectivity index (χ1v) is 8.78. The van der Waals surface area contributed by atoms with Gasteiger partial charge in [0.15, 0.2) is 0 Å². The van der Waals surface area contributed by atoms with Gasteiger partial charge in [0.25, 0.3) is 5.91 Å². The third kappa shape index (κ3) is 3.43. The van der Waals surface area contributed by atoms with Crippen LogP contribution in [0.4, 0.5) is 0 Å². The molecule has 0 aromatic heterocycles. The van der Waals surface area contributed by atoms with Gasteiger partial charge < -0.3 is 9.64 Å². The van der Waals surface area contributed by atoms with Crippen LogP contribution < -0.4 is 4.72 Å². The molecule has 1 N–H and O–H groups in total. The number of nitrogens with one attached hydrogen (secondary N) is 1. The molecule has 0 bridgehead atoms. The summed E-state index contributed by atoms with van der Waals surface area (Å²) in [5.41, 5.74) is 0.180. The van der Waals surface area contributed by atoms with Crippen LogP contribution in [0, 0.1) is 0 Å². The molecule has 122 valence electrons. The molecule has 1 saturated heterocycles. The van der Waals surface area contributed by atoms with Gasteiger partial charge >= 0.3 is 0 Å². The van der Waals surface area contributed by atoms with Crippen LogP contribution in [0.2, 0.25) is 5.02 Å². The zero-order valence-electron chi connectivity index (χ0n) is 12.7. The van der Waals surface area contributed by atoms with Crippen LogP contribution in [-0.2, 0) is 14.8 Å². The Balaban J connectivity index is 2.39. The molecule has 1 aromatic carbocycles. The van der Waals surface area contributed by atoms with Crippen LogP contribution >= 0.6 is 11.6 Å². The van der Waals surface area contributed by atoms with Gasteiger partial charge in [0.1, 0.15) is 0 Å². The van der Waals surface area contributed by atoms with Gasteiger partial charge in [0, 0.05) is 6.54 Å². The lowest BCUT2D eigenvalue weighted by Gasteiger charge is -2.37. The van der Waals surface area contributed by atoms with E-state index in [4.69, 9.17) is 16.3 Å². The number of hydrogen-bond donors (Lipinski definition) is 1. The Bertz CT molecular complexity index is 677. The lowest BCUT2D eigenvalue weighted by molar-refractivity contribution is -0.0387. The molecular formula is C14H19ClN2O4S. The summed E-state index contributed by atoms with van der Waals surface area (Å²) in [6, 6.07) is 4.01. The highest BCUT2D eigenvalue weighted by Crippen LogP contribution is 2.24. The van der Waals surface area contributed by atoms with E-state index in [2.05, 4.69) is 4.72 Å². The van der Waals surface area contributed by atoms with Crippen molar-refractivity contribution in [1.82, 2.24) is 9.62 Å². The normalized spacial score (nSPS) is 22.6. The second-order valence-electron chi connectivity index (χ2n) is 5.30. The molecule has 1 aliphatic heterocycles. The number of rotatable bonds is 3. The van der Waals surface area contributed by atoms with Crippen molar-refractivity contribution in [2.45, 2.75) is 30.9 Å². The van der Waals surface area contributed by atoms with Crippen LogP contribution in [0.25, 0.3) is 0 Å². The predicted octanol–water partition coefficient (Wildman–Crippen LogP) is 1.50. The summed E-state index contributed by atoms with van der Waals surface area (Å²) in [6.07, 6.45) is -0.0665. The number of halogens is 1. The first kappa shape index (κ1) is 17.2. The lowest BCUT2D eigenvalue weighted by atomic mass is 10.1. The molecule has 6 nitrogen and oxygen atoms in total. The fourth-order valence-electron chi connectivity index (χ4n) is 2.29. The average Bonchev–Trinajstić information content (AvgIpc) is 2.49. The highest BCUT2D eigenvalue weighted by Gasteiger charge is 2.30.